The third-order valence-electron chi connectivity index (χ3n) is 5.62. The highest BCUT2D eigenvalue weighted by Gasteiger charge is 2.33. The van der Waals surface area contributed by atoms with Crippen molar-refractivity contribution in [3.05, 3.63) is 71.8 Å². The number of methoxy groups -OCH3 is 2. The highest BCUT2D eigenvalue weighted by atomic mass is 35.5. The van der Waals surface area contributed by atoms with Crippen LogP contribution in [0.3, 0.4) is 0 Å². The number of halogens is 1. The number of allylic oxidation sites excluding steroid dienone is 1. The number of carbonyl (C=O) groups is 1. The lowest BCUT2D eigenvalue weighted by Gasteiger charge is -2.20. The average Bonchev–Trinajstić information content (AvgIpc) is 3.38. The lowest BCUT2D eigenvalue weighted by atomic mass is 10.2. The molecular weight excluding hydrogens is 536 g/mol. The summed E-state index contributed by atoms with van der Waals surface area (Å²) in [5.41, 5.74) is 4.31. The van der Waals surface area contributed by atoms with Crippen molar-refractivity contribution < 1.29 is 23.7 Å². The van der Waals surface area contributed by atoms with Crippen LogP contribution in [0.5, 0.6) is 17.2 Å². The average molecular weight is 563 g/mol. The van der Waals surface area contributed by atoms with E-state index in [1.807, 2.05) is 6.92 Å². The minimum absolute atomic E-state index is 0.0167. The van der Waals surface area contributed by atoms with Crippen LogP contribution in [0.1, 0.15) is 13.8 Å². The van der Waals surface area contributed by atoms with E-state index in [0.29, 0.717) is 57.0 Å². The van der Waals surface area contributed by atoms with Crippen LogP contribution in [0, 0.1) is 12.3 Å². The molecule has 0 aliphatic carbocycles. The number of terminal acetylenes is 1. The molecule has 0 spiro atoms. The van der Waals surface area contributed by atoms with Gasteiger partial charge in [0.1, 0.15) is 17.3 Å². The second kappa shape index (κ2) is 12.8. The first-order valence-electron chi connectivity index (χ1n) is 12.1. The topological polar surface area (TPSA) is 119 Å². The van der Waals surface area contributed by atoms with Gasteiger partial charge in [0.05, 0.1) is 49.5 Å². The number of pyridine rings is 2. The maximum atomic E-state index is 13.1. The number of ether oxygens (including phenoxy) is 4. The van der Waals surface area contributed by atoms with E-state index in [-0.39, 0.29) is 5.84 Å². The number of hydrogen-bond donors (Lipinski definition) is 2. The van der Waals surface area contributed by atoms with Crippen molar-refractivity contribution in [1.29, 1.82) is 0 Å². The summed E-state index contributed by atoms with van der Waals surface area (Å²) in [6.07, 6.45) is 13.4. The number of amidine groups is 1. The molecule has 1 aliphatic rings. The number of amides is 1. The molecule has 0 radical (unpaired) electrons. The van der Waals surface area contributed by atoms with Crippen molar-refractivity contribution in [3.8, 4) is 29.6 Å². The molecule has 2 N–H and O–H groups in total. The van der Waals surface area contributed by atoms with Gasteiger partial charge in [0.25, 0.3) is 5.91 Å². The summed E-state index contributed by atoms with van der Waals surface area (Å²) < 4.78 is 22.4. The van der Waals surface area contributed by atoms with Crippen molar-refractivity contribution in [2.45, 2.75) is 19.9 Å². The van der Waals surface area contributed by atoms with E-state index in [1.165, 1.54) is 12.4 Å². The van der Waals surface area contributed by atoms with Crippen molar-refractivity contribution in [2.24, 2.45) is 4.99 Å². The molecule has 3 heterocycles. The monoisotopic (exact) mass is 562 g/mol. The molecule has 1 unspecified atom stereocenters. The Balaban J connectivity index is 1.49. The van der Waals surface area contributed by atoms with E-state index in [1.54, 1.807) is 69.0 Å². The van der Waals surface area contributed by atoms with E-state index in [0.717, 1.165) is 0 Å². The Hall–Kier alpha value is -4.79. The van der Waals surface area contributed by atoms with Crippen LogP contribution in [-0.4, -0.2) is 48.6 Å². The van der Waals surface area contributed by atoms with Crippen molar-refractivity contribution in [1.82, 2.24) is 20.7 Å². The van der Waals surface area contributed by atoms with Gasteiger partial charge in [-0.15, -0.1) is 6.42 Å². The molecule has 4 rings (SSSR count). The number of nitrogens with zero attached hydrogens (tertiary/aromatic N) is 4. The molecule has 206 valence electrons. The SMILES string of the molecule is C#C/C(=N\C=C(/C)Oc1ccnc2cc(OC)c(OC)cc12)NC(=O)C1NN(c2ccncc2Cl)C=C1OCC. The van der Waals surface area contributed by atoms with Gasteiger partial charge in [-0.1, -0.05) is 11.6 Å². The molecule has 40 heavy (non-hydrogen) atoms. The number of fused-ring (bicyclic) bond motifs is 1. The number of benzene rings is 1. The number of aliphatic imine (C=N–C) groups is 1. The number of hydrazine groups is 1. The van der Waals surface area contributed by atoms with Crippen molar-refractivity contribution in [2.75, 3.05) is 25.8 Å². The Morgan fingerprint density at radius 2 is 2.02 bits per heavy atom. The fourth-order valence-electron chi connectivity index (χ4n) is 3.81. The van der Waals surface area contributed by atoms with Gasteiger partial charge >= 0.3 is 0 Å². The first-order chi connectivity index (χ1) is 19.4. The Morgan fingerprint density at radius 1 is 1.25 bits per heavy atom. The van der Waals surface area contributed by atoms with Crippen LogP contribution in [0.25, 0.3) is 10.9 Å². The molecule has 1 atom stereocenters. The van der Waals surface area contributed by atoms with Gasteiger partial charge < -0.3 is 24.3 Å². The Bertz CT molecular complexity index is 1550. The molecule has 1 amide bonds. The van der Waals surface area contributed by atoms with Gasteiger partial charge in [-0.2, -0.15) is 0 Å². The first-order valence-corrected chi connectivity index (χ1v) is 12.5. The van der Waals surface area contributed by atoms with Crippen LogP contribution in [0.2, 0.25) is 5.02 Å². The van der Waals surface area contributed by atoms with Crippen LogP contribution >= 0.6 is 11.6 Å². The van der Waals surface area contributed by atoms with Crippen LogP contribution in [0.4, 0.5) is 5.69 Å². The fourth-order valence-corrected chi connectivity index (χ4v) is 4.02. The third-order valence-corrected chi connectivity index (χ3v) is 5.92. The first kappa shape index (κ1) is 28.2. The predicted molar refractivity (Wildman–Crippen MR) is 152 cm³/mol. The Kier molecular flexibility index (Phi) is 9.06. The van der Waals surface area contributed by atoms with E-state index in [2.05, 4.69) is 31.6 Å². The maximum absolute atomic E-state index is 13.1. The molecule has 1 aromatic carbocycles. The zero-order chi connectivity index (χ0) is 28.6. The fraction of sp³-hybridized carbons (Fsp3) is 0.214. The summed E-state index contributed by atoms with van der Waals surface area (Å²) in [6.45, 7) is 3.88. The molecule has 2 aromatic heterocycles. The van der Waals surface area contributed by atoms with Crippen LogP contribution < -0.4 is 30.0 Å². The van der Waals surface area contributed by atoms with Gasteiger partial charge in [0.15, 0.2) is 23.4 Å². The highest BCUT2D eigenvalue weighted by Crippen LogP contribution is 2.35. The predicted octanol–water partition coefficient (Wildman–Crippen LogP) is 3.96. The minimum atomic E-state index is -0.876. The van der Waals surface area contributed by atoms with Gasteiger partial charge in [-0.05, 0) is 38.0 Å². The largest absolute Gasteiger partial charge is 0.494 e. The zero-order valence-corrected chi connectivity index (χ0v) is 23.0. The van der Waals surface area contributed by atoms with E-state index in [4.69, 9.17) is 37.0 Å². The van der Waals surface area contributed by atoms with Gasteiger partial charge in [0, 0.05) is 30.0 Å². The quantitative estimate of drug-likeness (QED) is 0.173. The van der Waals surface area contributed by atoms with Crippen molar-refractivity contribution in [3.63, 3.8) is 0 Å². The summed E-state index contributed by atoms with van der Waals surface area (Å²) >= 11 is 6.26. The minimum Gasteiger partial charge on any atom is -0.494 e. The van der Waals surface area contributed by atoms with Gasteiger partial charge in [0.2, 0.25) is 0 Å². The molecular formula is C28H27ClN6O5. The van der Waals surface area contributed by atoms with Crippen LogP contribution in [0.15, 0.2) is 71.8 Å². The van der Waals surface area contributed by atoms with E-state index >= 15 is 0 Å². The van der Waals surface area contributed by atoms with Gasteiger partial charge in [-0.25, -0.2) is 10.4 Å². The Morgan fingerprint density at radius 3 is 2.73 bits per heavy atom. The lowest BCUT2D eigenvalue weighted by Crippen LogP contribution is -2.48. The molecule has 11 nitrogen and oxygen atoms in total. The molecule has 3 aromatic rings. The number of carbonyl (C=O) groups excluding carboxylic acids is 1. The molecule has 0 fully saturated rings. The summed E-state index contributed by atoms with van der Waals surface area (Å²) in [5, 5.41) is 5.34. The number of nitrogens with one attached hydrogen (secondary N) is 2. The zero-order valence-electron chi connectivity index (χ0n) is 22.3. The summed E-state index contributed by atoms with van der Waals surface area (Å²) in [7, 11) is 3.11. The maximum Gasteiger partial charge on any atom is 0.252 e. The number of anilines is 1. The summed E-state index contributed by atoms with van der Waals surface area (Å²) in [4.78, 5) is 25.7. The number of hydrogen-bond acceptors (Lipinski definition) is 10. The van der Waals surface area contributed by atoms with Crippen molar-refractivity contribution >= 4 is 39.9 Å². The van der Waals surface area contributed by atoms with Crippen LogP contribution in [-0.2, 0) is 9.53 Å². The molecule has 0 saturated heterocycles. The molecule has 0 saturated carbocycles. The lowest BCUT2D eigenvalue weighted by molar-refractivity contribution is -0.121. The smallest absolute Gasteiger partial charge is 0.252 e. The highest BCUT2D eigenvalue weighted by molar-refractivity contribution is 6.33. The molecule has 12 heteroatoms. The van der Waals surface area contributed by atoms with Gasteiger partial charge in [-0.3, -0.25) is 19.8 Å². The standard InChI is InChI=1S/C28H27ClN6O5/c1-6-26(33-28(36)27-25(39-7-2)16-35(34-27)21-8-10-30-15-19(21)29)32-14-17(3)40-22-9-11-31-20-13-24(38-5)23(37-4)12-18(20)22/h1,8-16,27,34H,7H2,2-5H3,(H,32,33,36)/b17-14+. The van der Waals surface area contributed by atoms with E-state index in [9.17, 15) is 4.79 Å². The Labute approximate surface area is 236 Å². The second-order valence-electron chi connectivity index (χ2n) is 8.21. The van der Waals surface area contributed by atoms with E-state index < -0.39 is 11.9 Å². The molecule has 1 aliphatic heterocycles. The summed E-state index contributed by atoms with van der Waals surface area (Å²) in [5.74, 6) is 4.30. The second-order valence-corrected chi connectivity index (χ2v) is 8.62. The normalized spacial score (nSPS) is 15.3. The number of aromatic nitrogens is 2. The number of rotatable bonds is 9. The third kappa shape index (κ3) is 6.26. The summed E-state index contributed by atoms with van der Waals surface area (Å²) in [6, 6.07) is 6.08. The molecule has 0 bridgehead atoms.